The van der Waals surface area contributed by atoms with E-state index in [1.807, 2.05) is 0 Å². The van der Waals surface area contributed by atoms with E-state index in [-0.39, 0.29) is 5.69 Å². The average molecular weight is 320 g/mol. The highest BCUT2D eigenvalue weighted by molar-refractivity contribution is 9.10. The van der Waals surface area contributed by atoms with Crippen molar-refractivity contribution >= 4 is 39.2 Å². The van der Waals surface area contributed by atoms with Crippen molar-refractivity contribution in [2.45, 2.75) is 0 Å². The van der Waals surface area contributed by atoms with E-state index < -0.39 is 4.92 Å². The smallest absolute Gasteiger partial charge is 0.279 e. The molecule has 96 valence electrons. The molecule has 0 saturated heterocycles. The number of nitrogen functional groups attached to an aromatic ring is 1. The Balaban J connectivity index is 2.44. The van der Waals surface area contributed by atoms with Gasteiger partial charge in [0.05, 0.1) is 21.9 Å². The minimum absolute atomic E-state index is 0.00683. The van der Waals surface area contributed by atoms with Crippen LogP contribution >= 0.6 is 15.9 Å². The van der Waals surface area contributed by atoms with E-state index in [9.17, 15) is 10.1 Å². The van der Waals surface area contributed by atoms with Crippen LogP contribution in [0, 0.1) is 10.1 Å². The largest absolute Gasteiger partial charge is 0.397 e. The van der Waals surface area contributed by atoms with Gasteiger partial charge in [-0.2, -0.15) is 0 Å². The van der Waals surface area contributed by atoms with Gasteiger partial charge in [0.15, 0.2) is 0 Å². The Morgan fingerprint density at radius 3 is 2.63 bits per heavy atom. The molecule has 0 bridgehead atoms. The molecule has 0 aromatic heterocycles. The van der Waals surface area contributed by atoms with Crippen molar-refractivity contribution in [3.05, 3.63) is 62.6 Å². The Hall–Kier alpha value is -2.21. The second-order valence-corrected chi connectivity index (χ2v) is 4.60. The van der Waals surface area contributed by atoms with E-state index >= 15 is 0 Å². The number of rotatable bonds is 3. The zero-order valence-corrected chi connectivity index (χ0v) is 11.4. The van der Waals surface area contributed by atoms with Gasteiger partial charge in [0, 0.05) is 16.8 Å². The van der Waals surface area contributed by atoms with Crippen molar-refractivity contribution in [1.82, 2.24) is 0 Å². The lowest BCUT2D eigenvalue weighted by molar-refractivity contribution is -0.385. The van der Waals surface area contributed by atoms with Crippen LogP contribution in [0.2, 0.25) is 0 Å². The molecule has 19 heavy (non-hydrogen) atoms. The second-order valence-electron chi connectivity index (χ2n) is 3.75. The normalized spacial score (nSPS) is 10.8. The highest BCUT2D eigenvalue weighted by atomic mass is 79.9. The molecule has 2 N–H and O–H groups in total. The number of nitrogens with two attached hydrogens (primary N) is 1. The van der Waals surface area contributed by atoms with Crippen LogP contribution < -0.4 is 5.73 Å². The number of hydrogen-bond donors (Lipinski definition) is 1. The van der Waals surface area contributed by atoms with Gasteiger partial charge in [0.25, 0.3) is 5.69 Å². The SMILES string of the molecule is Nc1ccccc1N=Cc1c(Br)cccc1[N+](=O)[O-]. The molecule has 0 unspecified atom stereocenters. The van der Waals surface area contributed by atoms with Gasteiger partial charge in [-0.3, -0.25) is 15.1 Å². The van der Waals surface area contributed by atoms with Crippen LogP contribution in [0.4, 0.5) is 17.1 Å². The zero-order valence-electron chi connectivity index (χ0n) is 9.79. The van der Waals surface area contributed by atoms with Crippen LogP contribution in [-0.4, -0.2) is 11.1 Å². The Morgan fingerprint density at radius 1 is 1.21 bits per heavy atom. The Morgan fingerprint density at radius 2 is 1.95 bits per heavy atom. The number of nitrogens with zero attached hydrogens (tertiary/aromatic N) is 2. The van der Waals surface area contributed by atoms with Crippen molar-refractivity contribution in [3.63, 3.8) is 0 Å². The van der Waals surface area contributed by atoms with Gasteiger partial charge in [-0.15, -0.1) is 0 Å². The lowest BCUT2D eigenvalue weighted by Crippen LogP contribution is -1.95. The van der Waals surface area contributed by atoms with Gasteiger partial charge in [-0.25, -0.2) is 0 Å². The lowest BCUT2D eigenvalue weighted by Gasteiger charge is -2.01. The highest BCUT2D eigenvalue weighted by Gasteiger charge is 2.14. The molecule has 0 atom stereocenters. The molecule has 0 heterocycles. The summed E-state index contributed by atoms with van der Waals surface area (Å²) in [5.41, 5.74) is 7.27. The summed E-state index contributed by atoms with van der Waals surface area (Å²) in [6.45, 7) is 0. The number of benzene rings is 2. The maximum absolute atomic E-state index is 11.0. The van der Waals surface area contributed by atoms with E-state index in [1.165, 1.54) is 12.3 Å². The van der Waals surface area contributed by atoms with Crippen LogP contribution in [0.25, 0.3) is 0 Å². The van der Waals surface area contributed by atoms with E-state index in [2.05, 4.69) is 20.9 Å². The fourth-order valence-electron chi connectivity index (χ4n) is 1.55. The van der Waals surface area contributed by atoms with Crippen molar-refractivity contribution in [2.24, 2.45) is 4.99 Å². The summed E-state index contributed by atoms with van der Waals surface area (Å²) >= 11 is 3.28. The molecule has 0 saturated carbocycles. The zero-order chi connectivity index (χ0) is 13.8. The number of para-hydroxylation sites is 2. The predicted molar refractivity (Wildman–Crippen MR) is 78.9 cm³/mol. The number of nitro benzene ring substituents is 1. The molecule has 2 aromatic rings. The van der Waals surface area contributed by atoms with Crippen LogP contribution in [0.15, 0.2) is 51.9 Å². The standard InChI is InChI=1S/C13H10BrN3O2/c14-10-4-3-7-13(17(18)19)9(10)8-16-12-6-2-1-5-11(12)15/h1-8H,15H2. The maximum atomic E-state index is 11.0. The number of anilines is 1. The maximum Gasteiger partial charge on any atom is 0.279 e. The molecular formula is C13H10BrN3O2. The van der Waals surface area contributed by atoms with Crippen LogP contribution in [0.3, 0.4) is 0 Å². The number of nitro groups is 1. The minimum Gasteiger partial charge on any atom is -0.397 e. The Bertz CT molecular complexity index is 656. The Labute approximate surface area is 118 Å². The molecule has 2 rings (SSSR count). The number of halogens is 1. The van der Waals surface area contributed by atoms with Gasteiger partial charge in [-0.05, 0) is 34.1 Å². The van der Waals surface area contributed by atoms with E-state index in [4.69, 9.17) is 5.73 Å². The molecule has 6 heteroatoms. The molecule has 0 amide bonds. The molecular weight excluding hydrogens is 310 g/mol. The van der Waals surface area contributed by atoms with E-state index in [1.54, 1.807) is 36.4 Å². The van der Waals surface area contributed by atoms with Gasteiger partial charge in [0.2, 0.25) is 0 Å². The molecule has 0 fully saturated rings. The van der Waals surface area contributed by atoms with Crippen molar-refractivity contribution in [2.75, 3.05) is 5.73 Å². The van der Waals surface area contributed by atoms with Gasteiger partial charge >= 0.3 is 0 Å². The summed E-state index contributed by atoms with van der Waals surface area (Å²) in [5.74, 6) is 0. The van der Waals surface area contributed by atoms with E-state index in [0.29, 0.717) is 21.4 Å². The first kappa shape index (κ1) is 13.2. The molecule has 0 aliphatic carbocycles. The van der Waals surface area contributed by atoms with Crippen LogP contribution in [0.5, 0.6) is 0 Å². The summed E-state index contributed by atoms with van der Waals surface area (Å²) in [6.07, 6.45) is 1.44. The van der Waals surface area contributed by atoms with Crippen LogP contribution in [0.1, 0.15) is 5.56 Å². The first-order valence-electron chi connectivity index (χ1n) is 5.41. The van der Waals surface area contributed by atoms with Gasteiger partial charge < -0.3 is 5.73 Å². The molecule has 0 spiro atoms. The molecule has 0 aliphatic rings. The third-order valence-electron chi connectivity index (χ3n) is 2.50. The van der Waals surface area contributed by atoms with Gasteiger partial charge in [0.1, 0.15) is 0 Å². The predicted octanol–water partition coefficient (Wildman–Crippen LogP) is 3.69. The van der Waals surface area contributed by atoms with E-state index in [0.717, 1.165) is 0 Å². The molecule has 2 aromatic carbocycles. The Kier molecular flexibility index (Phi) is 3.91. The quantitative estimate of drug-likeness (QED) is 0.405. The fourth-order valence-corrected chi connectivity index (χ4v) is 2.01. The topological polar surface area (TPSA) is 81.5 Å². The summed E-state index contributed by atoms with van der Waals surface area (Å²) in [6, 6.07) is 11.8. The third-order valence-corrected chi connectivity index (χ3v) is 3.19. The number of aliphatic imine (C=N–C) groups is 1. The summed E-state index contributed by atoms with van der Waals surface area (Å²) < 4.78 is 0.611. The lowest BCUT2D eigenvalue weighted by atomic mass is 10.2. The van der Waals surface area contributed by atoms with Crippen LogP contribution in [-0.2, 0) is 0 Å². The summed E-state index contributed by atoms with van der Waals surface area (Å²) in [7, 11) is 0. The molecule has 0 aliphatic heterocycles. The first-order chi connectivity index (χ1) is 9.09. The van der Waals surface area contributed by atoms with Crippen molar-refractivity contribution in [1.29, 1.82) is 0 Å². The number of hydrogen-bond acceptors (Lipinski definition) is 4. The average Bonchev–Trinajstić information content (AvgIpc) is 2.38. The fraction of sp³-hybridized carbons (Fsp3) is 0. The summed E-state index contributed by atoms with van der Waals surface area (Å²) in [5, 5.41) is 11.0. The molecule has 0 radical (unpaired) electrons. The highest BCUT2D eigenvalue weighted by Crippen LogP contribution is 2.26. The monoisotopic (exact) mass is 319 g/mol. The van der Waals surface area contributed by atoms with Gasteiger partial charge in [-0.1, -0.05) is 18.2 Å². The third kappa shape index (κ3) is 2.97. The molecule has 5 nitrogen and oxygen atoms in total. The first-order valence-corrected chi connectivity index (χ1v) is 6.20. The van der Waals surface area contributed by atoms with Crippen molar-refractivity contribution < 1.29 is 4.92 Å². The van der Waals surface area contributed by atoms with Crippen molar-refractivity contribution in [3.8, 4) is 0 Å². The second kappa shape index (κ2) is 5.62. The minimum atomic E-state index is -0.444. The summed E-state index contributed by atoms with van der Waals surface area (Å²) in [4.78, 5) is 14.7.